The number of amides is 1. The number of allylic oxidation sites excluding steroid dienone is 2. The Morgan fingerprint density at radius 3 is 1.75 bits per heavy atom. The Kier molecular flexibility index (Phi) is 6.83. The summed E-state index contributed by atoms with van der Waals surface area (Å²) >= 11 is 0. The van der Waals surface area contributed by atoms with Gasteiger partial charge in [0.05, 0.1) is 18.5 Å². The Bertz CT molecular complexity index is 1940. The summed E-state index contributed by atoms with van der Waals surface area (Å²) in [5, 5.41) is 6.78. The van der Waals surface area contributed by atoms with Gasteiger partial charge in [0, 0.05) is 0 Å². The van der Waals surface area contributed by atoms with E-state index in [-0.39, 0.29) is 5.91 Å². The van der Waals surface area contributed by atoms with E-state index in [1.54, 1.807) is 12.1 Å². The number of methoxy groups -OCH3 is 1. The zero-order valence-electron chi connectivity index (χ0n) is 25.0. The van der Waals surface area contributed by atoms with Crippen LogP contribution in [0.15, 0.2) is 145 Å². The molecule has 4 heteroatoms. The predicted octanol–water partition coefficient (Wildman–Crippen LogP) is 8.76. The van der Waals surface area contributed by atoms with Gasteiger partial charge in [0.15, 0.2) is 0 Å². The van der Waals surface area contributed by atoms with Crippen LogP contribution in [0.5, 0.6) is 5.75 Å². The summed E-state index contributed by atoms with van der Waals surface area (Å²) in [6, 6.07) is 44.8. The second kappa shape index (κ2) is 11.0. The van der Waals surface area contributed by atoms with Crippen LogP contribution in [0.25, 0.3) is 16.7 Å². The molecule has 1 atom stereocenters. The van der Waals surface area contributed by atoms with E-state index in [0.29, 0.717) is 5.71 Å². The number of ether oxygens (including phenoxy) is 1. The summed E-state index contributed by atoms with van der Waals surface area (Å²) in [5.41, 5.74) is 9.22. The number of rotatable bonds is 6. The van der Waals surface area contributed by atoms with Crippen molar-refractivity contribution in [3.05, 3.63) is 173 Å². The molecule has 1 heterocycles. The van der Waals surface area contributed by atoms with Crippen molar-refractivity contribution in [1.29, 1.82) is 0 Å². The lowest BCUT2D eigenvalue weighted by atomic mass is 9.66. The minimum Gasteiger partial charge on any atom is -0.497 e. The predicted molar refractivity (Wildman–Crippen MR) is 179 cm³/mol. The Hall–Kier alpha value is -5.48. The summed E-state index contributed by atoms with van der Waals surface area (Å²) in [6.45, 7) is 4.17. The molecule has 0 fully saturated rings. The highest BCUT2D eigenvalue weighted by atomic mass is 16.5. The number of benzene rings is 5. The molecule has 0 aromatic heterocycles. The maximum atomic E-state index is 15.4. The minimum atomic E-state index is -1.22. The molecule has 0 saturated heterocycles. The van der Waals surface area contributed by atoms with Crippen LogP contribution in [0.2, 0.25) is 0 Å². The third kappa shape index (κ3) is 4.38. The highest BCUT2D eigenvalue weighted by Gasteiger charge is 2.60. The molecular formula is C40H32N2O2. The molecule has 7 rings (SSSR count). The first-order valence-corrected chi connectivity index (χ1v) is 14.8. The first-order chi connectivity index (χ1) is 21.5. The SMILES string of the molecule is COc1ccc(C2=CC(c3ccc(C)cc3)=C(c3ccc(C)cc3)[C@]23C(=O)N(c2ccccc2)N=C3c2ccccc2)cc1. The molecule has 5 aromatic rings. The molecule has 4 nitrogen and oxygen atoms in total. The summed E-state index contributed by atoms with van der Waals surface area (Å²) in [6.07, 6.45) is 2.20. The molecule has 0 N–H and O–H groups in total. The molecule has 5 aromatic carbocycles. The summed E-state index contributed by atoms with van der Waals surface area (Å²) in [7, 11) is 1.66. The van der Waals surface area contributed by atoms with Crippen LogP contribution < -0.4 is 9.75 Å². The first kappa shape index (κ1) is 27.4. The maximum absolute atomic E-state index is 15.4. The smallest absolute Gasteiger partial charge is 0.268 e. The molecule has 1 aliphatic carbocycles. The molecule has 1 amide bonds. The van der Waals surface area contributed by atoms with Crippen LogP contribution in [-0.2, 0) is 4.79 Å². The Labute approximate surface area is 258 Å². The Morgan fingerprint density at radius 2 is 1.16 bits per heavy atom. The number of hydrogen-bond donors (Lipinski definition) is 0. The van der Waals surface area contributed by atoms with Gasteiger partial charge in [-0.2, -0.15) is 10.1 Å². The molecule has 0 bridgehead atoms. The zero-order chi connectivity index (χ0) is 30.3. The quantitative estimate of drug-likeness (QED) is 0.204. The van der Waals surface area contributed by atoms with Crippen molar-refractivity contribution in [3.63, 3.8) is 0 Å². The Balaban J connectivity index is 1.60. The number of hydrazone groups is 1. The molecule has 44 heavy (non-hydrogen) atoms. The van der Waals surface area contributed by atoms with E-state index in [1.807, 2.05) is 84.9 Å². The number of carbonyl (C=O) groups excluding carboxylic acids is 1. The van der Waals surface area contributed by atoms with Crippen molar-refractivity contribution in [2.24, 2.45) is 10.5 Å². The van der Waals surface area contributed by atoms with E-state index in [4.69, 9.17) is 9.84 Å². The van der Waals surface area contributed by atoms with E-state index in [2.05, 4.69) is 68.5 Å². The molecule has 1 spiro atoms. The van der Waals surface area contributed by atoms with Crippen LogP contribution in [0, 0.1) is 19.3 Å². The lowest BCUT2D eigenvalue weighted by Crippen LogP contribution is -2.41. The second-order valence-electron chi connectivity index (χ2n) is 11.3. The van der Waals surface area contributed by atoms with Gasteiger partial charge in [-0.1, -0.05) is 120 Å². The van der Waals surface area contributed by atoms with E-state index in [1.165, 1.54) is 5.56 Å². The van der Waals surface area contributed by atoms with E-state index in [9.17, 15) is 0 Å². The van der Waals surface area contributed by atoms with Crippen LogP contribution in [-0.4, -0.2) is 18.7 Å². The maximum Gasteiger partial charge on any atom is 0.268 e. The Morgan fingerprint density at radius 1 is 0.614 bits per heavy atom. The van der Waals surface area contributed by atoms with Gasteiger partial charge >= 0.3 is 0 Å². The third-order valence-corrected chi connectivity index (χ3v) is 8.56. The summed E-state index contributed by atoms with van der Waals surface area (Å²) < 4.78 is 5.51. The molecule has 0 radical (unpaired) electrons. The van der Waals surface area contributed by atoms with Gasteiger partial charge in [-0.15, -0.1) is 0 Å². The van der Waals surface area contributed by atoms with Gasteiger partial charge in [-0.25, -0.2) is 0 Å². The summed E-state index contributed by atoms with van der Waals surface area (Å²) in [5.74, 6) is 0.648. The zero-order valence-corrected chi connectivity index (χ0v) is 25.0. The van der Waals surface area contributed by atoms with E-state index >= 15 is 4.79 Å². The van der Waals surface area contributed by atoms with Gasteiger partial charge in [0.1, 0.15) is 11.2 Å². The third-order valence-electron chi connectivity index (χ3n) is 8.56. The van der Waals surface area contributed by atoms with Crippen LogP contribution in [0.3, 0.4) is 0 Å². The fourth-order valence-electron chi connectivity index (χ4n) is 6.35. The number of para-hydroxylation sites is 1. The fraction of sp³-hybridized carbons (Fsp3) is 0.100. The molecule has 1 aliphatic heterocycles. The highest BCUT2D eigenvalue weighted by molar-refractivity contribution is 6.42. The normalized spacial score (nSPS) is 17.7. The first-order valence-electron chi connectivity index (χ1n) is 14.8. The van der Waals surface area contributed by atoms with Gasteiger partial charge < -0.3 is 4.74 Å². The van der Waals surface area contributed by atoms with Crippen molar-refractivity contribution < 1.29 is 9.53 Å². The fourth-order valence-corrected chi connectivity index (χ4v) is 6.35. The van der Waals surface area contributed by atoms with Crippen LogP contribution in [0.1, 0.15) is 33.4 Å². The number of hydrogen-bond acceptors (Lipinski definition) is 3. The molecule has 0 unspecified atom stereocenters. The van der Waals surface area contributed by atoms with Gasteiger partial charge in [0.25, 0.3) is 5.91 Å². The highest BCUT2D eigenvalue weighted by Crippen LogP contribution is 2.60. The summed E-state index contributed by atoms with van der Waals surface area (Å²) in [4.78, 5) is 15.4. The average molecular weight is 573 g/mol. The average Bonchev–Trinajstić information content (AvgIpc) is 3.58. The van der Waals surface area contributed by atoms with Gasteiger partial charge in [-0.05, 0) is 83.2 Å². The number of anilines is 1. The van der Waals surface area contributed by atoms with E-state index in [0.717, 1.165) is 56.0 Å². The van der Waals surface area contributed by atoms with Crippen molar-refractivity contribution in [2.45, 2.75) is 13.8 Å². The van der Waals surface area contributed by atoms with Crippen molar-refractivity contribution >= 4 is 34.0 Å². The van der Waals surface area contributed by atoms with Gasteiger partial charge in [-0.3, -0.25) is 4.79 Å². The monoisotopic (exact) mass is 572 g/mol. The standard InChI is InChI=1S/C40H32N2O2/c1-27-14-18-29(19-15-27)35-26-36(30-22-24-34(44-3)25-23-30)40(37(35)31-20-16-28(2)17-21-31)38(32-10-6-4-7-11-32)41-42(39(40)43)33-12-8-5-9-13-33/h4-26H,1-3H3/t40-/m1/s1. The number of nitrogens with zero attached hydrogens (tertiary/aromatic N) is 2. The van der Waals surface area contributed by atoms with Crippen molar-refractivity contribution in [2.75, 3.05) is 12.1 Å². The van der Waals surface area contributed by atoms with E-state index < -0.39 is 5.41 Å². The van der Waals surface area contributed by atoms with Crippen molar-refractivity contribution in [1.82, 2.24) is 0 Å². The number of carbonyl (C=O) groups is 1. The second-order valence-corrected chi connectivity index (χ2v) is 11.3. The number of aryl methyl sites for hydroxylation is 2. The minimum absolute atomic E-state index is 0.109. The van der Waals surface area contributed by atoms with Crippen LogP contribution in [0.4, 0.5) is 5.69 Å². The molecule has 2 aliphatic rings. The van der Waals surface area contributed by atoms with Crippen LogP contribution >= 0.6 is 0 Å². The van der Waals surface area contributed by atoms with Gasteiger partial charge in [0.2, 0.25) is 0 Å². The molecule has 214 valence electrons. The topological polar surface area (TPSA) is 41.9 Å². The lowest BCUT2D eigenvalue weighted by molar-refractivity contribution is -0.120. The molecule has 0 saturated carbocycles. The lowest BCUT2D eigenvalue weighted by Gasteiger charge is -2.32. The van der Waals surface area contributed by atoms with Crippen molar-refractivity contribution in [3.8, 4) is 5.75 Å². The molecular weight excluding hydrogens is 540 g/mol. The largest absolute Gasteiger partial charge is 0.497 e.